The average Bonchev–Trinajstić information content (AvgIpc) is 2.86. The number of carbonyl (C=O) groups excluding carboxylic acids is 1. The zero-order valence-corrected chi connectivity index (χ0v) is 20.6. The van der Waals surface area contributed by atoms with E-state index < -0.39 is 52.2 Å². The van der Waals surface area contributed by atoms with Gasteiger partial charge in [-0.25, -0.2) is 18.2 Å². The predicted octanol–water partition coefficient (Wildman–Crippen LogP) is 2.35. The molecule has 2 aromatic heterocycles. The minimum absolute atomic E-state index is 0.0292. The van der Waals surface area contributed by atoms with Crippen LogP contribution in [0.3, 0.4) is 0 Å². The van der Waals surface area contributed by atoms with Crippen molar-refractivity contribution in [2.45, 2.75) is 31.1 Å². The summed E-state index contributed by atoms with van der Waals surface area (Å²) in [6.07, 6.45) is 2.33. The fourth-order valence-corrected chi connectivity index (χ4v) is 4.94. The van der Waals surface area contributed by atoms with Crippen molar-refractivity contribution in [3.8, 4) is 11.3 Å². The molecule has 3 aromatic rings. The Balaban J connectivity index is 1.43. The Morgan fingerprint density at radius 3 is 2.50 bits per heavy atom. The largest absolute Gasteiger partial charge is 0.391 e. The Labute approximate surface area is 216 Å². The minimum Gasteiger partial charge on any atom is -0.391 e. The van der Waals surface area contributed by atoms with E-state index in [1.54, 1.807) is 12.3 Å². The lowest BCUT2D eigenvalue weighted by atomic mass is 9.90. The molecule has 3 atom stereocenters. The van der Waals surface area contributed by atoms with Crippen LogP contribution in [0.1, 0.15) is 28.5 Å². The standard InChI is InChI=1S/C27H27F3N4O4/c1-14-10-34(11-20(31)26(14)36)22-4-5-32-9-15(22)6-23(35)21-3-2-17(28)25(33-21)24-18(29)7-16(8-19(24)30)27(37)12-38-13-27/h2-5,7-9,14,20,26,36-37H,6,10-13,31H2,1H3/t14-,20+,26+/m0/s1. The first-order chi connectivity index (χ1) is 18.1. The topological polar surface area (TPSA) is 122 Å². The number of aromatic nitrogens is 2. The molecule has 0 radical (unpaired) electrons. The van der Waals surface area contributed by atoms with Crippen LogP contribution in [0.4, 0.5) is 18.9 Å². The van der Waals surface area contributed by atoms with Crippen molar-refractivity contribution in [2.75, 3.05) is 31.2 Å². The number of hydrogen-bond donors (Lipinski definition) is 3. The highest BCUT2D eigenvalue weighted by Gasteiger charge is 2.39. The summed E-state index contributed by atoms with van der Waals surface area (Å²) >= 11 is 0. The van der Waals surface area contributed by atoms with Crippen molar-refractivity contribution >= 4 is 11.5 Å². The molecule has 4 heterocycles. The Morgan fingerprint density at radius 2 is 1.87 bits per heavy atom. The Morgan fingerprint density at radius 1 is 1.16 bits per heavy atom. The van der Waals surface area contributed by atoms with Crippen LogP contribution in [0, 0.1) is 23.4 Å². The number of carbonyl (C=O) groups is 1. The summed E-state index contributed by atoms with van der Waals surface area (Å²) in [5.41, 5.74) is 4.28. The van der Waals surface area contributed by atoms with Gasteiger partial charge in [-0.05, 0) is 35.9 Å². The number of ketones is 1. The summed E-state index contributed by atoms with van der Waals surface area (Å²) in [5.74, 6) is -3.85. The van der Waals surface area contributed by atoms with Gasteiger partial charge in [-0.3, -0.25) is 9.78 Å². The monoisotopic (exact) mass is 528 g/mol. The van der Waals surface area contributed by atoms with Crippen LogP contribution in [0.25, 0.3) is 11.3 Å². The molecule has 0 aliphatic carbocycles. The van der Waals surface area contributed by atoms with Crippen molar-refractivity contribution in [3.63, 3.8) is 0 Å². The van der Waals surface area contributed by atoms with Crippen LogP contribution in [0.2, 0.25) is 0 Å². The number of anilines is 1. The lowest BCUT2D eigenvalue weighted by Crippen LogP contribution is -2.55. The molecule has 2 aliphatic rings. The van der Waals surface area contributed by atoms with Crippen molar-refractivity contribution in [3.05, 3.63) is 77.0 Å². The first kappa shape index (κ1) is 26.2. The number of piperidine rings is 1. The molecule has 11 heteroatoms. The third-order valence-electron chi connectivity index (χ3n) is 7.16. The maximum Gasteiger partial charge on any atom is 0.185 e. The summed E-state index contributed by atoms with van der Waals surface area (Å²) in [6.45, 7) is 2.57. The fourth-order valence-electron chi connectivity index (χ4n) is 4.94. The summed E-state index contributed by atoms with van der Waals surface area (Å²) < 4.78 is 49.6. The highest BCUT2D eigenvalue weighted by molar-refractivity contribution is 5.97. The van der Waals surface area contributed by atoms with E-state index in [0.717, 1.165) is 30.0 Å². The van der Waals surface area contributed by atoms with E-state index in [1.807, 2.05) is 11.8 Å². The fraction of sp³-hybridized carbons (Fsp3) is 0.370. The number of Topliss-reactive ketones (excluding diaryl/α,β-unsaturated/α-hetero) is 1. The molecule has 1 aromatic carbocycles. The molecule has 38 heavy (non-hydrogen) atoms. The molecule has 2 aliphatic heterocycles. The molecule has 5 rings (SSSR count). The number of pyridine rings is 2. The molecule has 0 unspecified atom stereocenters. The first-order valence-electron chi connectivity index (χ1n) is 12.2. The number of benzene rings is 1. The van der Waals surface area contributed by atoms with Gasteiger partial charge >= 0.3 is 0 Å². The van der Waals surface area contributed by atoms with E-state index in [-0.39, 0.29) is 36.8 Å². The van der Waals surface area contributed by atoms with Gasteiger partial charge in [0.1, 0.15) is 34.4 Å². The summed E-state index contributed by atoms with van der Waals surface area (Å²) in [6, 6.07) is 5.21. The van der Waals surface area contributed by atoms with E-state index in [2.05, 4.69) is 9.97 Å². The van der Waals surface area contributed by atoms with Crippen LogP contribution in [-0.2, 0) is 16.8 Å². The molecule has 0 bridgehead atoms. The van der Waals surface area contributed by atoms with Crippen LogP contribution in [0.15, 0.2) is 42.7 Å². The normalized spacial score (nSPS) is 22.7. The molecule has 200 valence electrons. The zero-order valence-electron chi connectivity index (χ0n) is 20.6. The number of nitrogens with zero attached hydrogens (tertiary/aromatic N) is 3. The number of nitrogens with two attached hydrogens (primary N) is 1. The van der Waals surface area contributed by atoms with Gasteiger partial charge in [0.2, 0.25) is 0 Å². The Hall–Kier alpha value is -3.38. The van der Waals surface area contributed by atoms with Crippen LogP contribution in [-0.4, -0.2) is 64.4 Å². The smallest absolute Gasteiger partial charge is 0.185 e. The number of aliphatic hydroxyl groups excluding tert-OH is 1. The second-order valence-electron chi connectivity index (χ2n) is 10.0. The molecule has 0 saturated carbocycles. The highest BCUT2D eigenvalue weighted by Crippen LogP contribution is 2.35. The minimum atomic E-state index is -1.51. The van der Waals surface area contributed by atoms with Crippen LogP contribution >= 0.6 is 0 Å². The van der Waals surface area contributed by atoms with Crippen molar-refractivity contribution in [2.24, 2.45) is 11.7 Å². The van der Waals surface area contributed by atoms with E-state index >= 15 is 0 Å². The van der Waals surface area contributed by atoms with Gasteiger partial charge < -0.3 is 25.6 Å². The maximum atomic E-state index is 15.0. The van der Waals surface area contributed by atoms with Crippen molar-refractivity contribution in [1.29, 1.82) is 0 Å². The number of hydrogen-bond acceptors (Lipinski definition) is 8. The Kier molecular flexibility index (Phi) is 6.95. The van der Waals surface area contributed by atoms with Crippen molar-refractivity contribution < 1.29 is 32.9 Å². The summed E-state index contributed by atoms with van der Waals surface area (Å²) in [7, 11) is 0. The molecule has 8 nitrogen and oxygen atoms in total. The van der Waals surface area contributed by atoms with Gasteiger partial charge in [0.15, 0.2) is 5.78 Å². The first-order valence-corrected chi connectivity index (χ1v) is 12.2. The molecule has 2 fully saturated rings. The van der Waals surface area contributed by atoms with E-state index in [1.165, 1.54) is 6.20 Å². The molecular weight excluding hydrogens is 501 g/mol. The molecular formula is C27H27F3N4O4. The molecule has 2 saturated heterocycles. The van der Waals surface area contributed by atoms with Gasteiger partial charge in [0.05, 0.1) is 24.9 Å². The SMILES string of the molecule is C[C@H]1CN(c2ccncc2CC(=O)c2ccc(F)c(-c3c(F)cc(C4(O)COC4)cc3F)n2)C[C@@H](N)[C@@H]1O. The summed E-state index contributed by atoms with van der Waals surface area (Å²) in [5, 5.41) is 20.5. The van der Waals surface area contributed by atoms with Gasteiger partial charge in [0, 0.05) is 55.1 Å². The molecule has 0 spiro atoms. The van der Waals surface area contributed by atoms with Crippen LogP contribution < -0.4 is 10.6 Å². The van der Waals surface area contributed by atoms with Crippen molar-refractivity contribution in [1.82, 2.24) is 9.97 Å². The second kappa shape index (κ2) is 10.1. The third-order valence-corrected chi connectivity index (χ3v) is 7.16. The number of ether oxygens (including phenoxy) is 1. The lowest BCUT2D eigenvalue weighted by molar-refractivity contribution is -0.184. The number of rotatable bonds is 6. The van der Waals surface area contributed by atoms with E-state index in [9.17, 15) is 28.2 Å². The molecule has 0 amide bonds. The average molecular weight is 529 g/mol. The van der Waals surface area contributed by atoms with E-state index in [0.29, 0.717) is 18.7 Å². The van der Waals surface area contributed by atoms with Gasteiger partial charge in [-0.1, -0.05) is 6.92 Å². The second-order valence-corrected chi connectivity index (χ2v) is 10.0. The van der Waals surface area contributed by atoms with Crippen LogP contribution in [0.5, 0.6) is 0 Å². The van der Waals surface area contributed by atoms with E-state index in [4.69, 9.17) is 10.5 Å². The third kappa shape index (κ3) is 4.78. The van der Waals surface area contributed by atoms with Gasteiger partial charge in [-0.2, -0.15) is 0 Å². The molecule has 4 N–H and O–H groups in total. The summed E-state index contributed by atoms with van der Waals surface area (Å²) in [4.78, 5) is 23.3. The van der Waals surface area contributed by atoms with Gasteiger partial charge in [-0.15, -0.1) is 0 Å². The Bertz CT molecular complexity index is 1350. The number of aliphatic hydroxyl groups is 2. The quantitative estimate of drug-likeness (QED) is 0.417. The highest BCUT2D eigenvalue weighted by atomic mass is 19.1. The lowest BCUT2D eigenvalue weighted by Gasteiger charge is -2.40. The zero-order chi connectivity index (χ0) is 27.2. The number of halogens is 3. The maximum absolute atomic E-state index is 15.0. The predicted molar refractivity (Wildman–Crippen MR) is 132 cm³/mol. The van der Waals surface area contributed by atoms with Gasteiger partial charge in [0.25, 0.3) is 0 Å².